The van der Waals surface area contributed by atoms with E-state index in [2.05, 4.69) is 35.8 Å². The first-order chi connectivity index (χ1) is 11.1. The van der Waals surface area contributed by atoms with E-state index in [1.54, 1.807) is 14.2 Å². The fourth-order valence-electron chi connectivity index (χ4n) is 3.21. The van der Waals surface area contributed by atoms with E-state index < -0.39 is 0 Å². The maximum atomic E-state index is 9.41. The van der Waals surface area contributed by atoms with E-state index in [0.29, 0.717) is 12.1 Å². The molecule has 1 aromatic carbocycles. The maximum absolute atomic E-state index is 9.41. The number of hydrogen-bond acceptors (Lipinski definition) is 5. The minimum atomic E-state index is 0.231. The number of benzene rings is 1. The quantitative estimate of drug-likeness (QED) is 0.832. The van der Waals surface area contributed by atoms with Crippen LogP contribution in [0.1, 0.15) is 25.8 Å². The largest absolute Gasteiger partial charge is 0.497 e. The average molecular weight is 322 g/mol. The standard InChI is InChI=1S/C18H30N2O3/c1-14(2)19-6-7-20(16(13-19)5-8-21)12-15-9-17(22-3)11-18(10-15)23-4/h9-11,14,16,21H,5-8,12-13H2,1-4H3/t16-/m1/s1. The molecule has 23 heavy (non-hydrogen) atoms. The third-order valence-corrected chi connectivity index (χ3v) is 4.63. The van der Waals surface area contributed by atoms with Crippen molar-refractivity contribution in [3.8, 4) is 11.5 Å². The van der Waals surface area contributed by atoms with Gasteiger partial charge in [-0.25, -0.2) is 0 Å². The second kappa shape index (κ2) is 8.52. The molecule has 0 bridgehead atoms. The van der Waals surface area contributed by atoms with E-state index in [-0.39, 0.29) is 6.61 Å². The smallest absolute Gasteiger partial charge is 0.122 e. The van der Waals surface area contributed by atoms with E-state index in [4.69, 9.17) is 9.47 Å². The molecule has 0 unspecified atom stereocenters. The summed E-state index contributed by atoms with van der Waals surface area (Å²) in [6, 6.07) is 6.95. The van der Waals surface area contributed by atoms with Crippen molar-refractivity contribution in [2.45, 2.75) is 38.9 Å². The highest BCUT2D eigenvalue weighted by molar-refractivity contribution is 5.38. The van der Waals surface area contributed by atoms with E-state index in [0.717, 1.165) is 44.1 Å². The van der Waals surface area contributed by atoms with Crippen LogP contribution in [0.2, 0.25) is 0 Å². The van der Waals surface area contributed by atoms with Gasteiger partial charge in [-0.1, -0.05) is 0 Å². The van der Waals surface area contributed by atoms with Gasteiger partial charge in [0.15, 0.2) is 0 Å². The fraction of sp³-hybridized carbons (Fsp3) is 0.667. The van der Waals surface area contributed by atoms with Gasteiger partial charge in [-0.3, -0.25) is 9.80 Å². The van der Waals surface area contributed by atoms with Gasteiger partial charge in [-0.2, -0.15) is 0 Å². The van der Waals surface area contributed by atoms with Crippen LogP contribution in [0.25, 0.3) is 0 Å². The molecule has 1 aliphatic heterocycles. The third-order valence-electron chi connectivity index (χ3n) is 4.63. The molecular formula is C18H30N2O3. The Balaban J connectivity index is 2.11. The van der Waals surface area contributed by atoms with Gasteiger partial charge < -0.3 is 14.6 Å². The summed E-state index contributed by atoms with van der Waals surface area (Å²) in [5.41, 5.74) is 1.18. The fourth-order valence-corrected chi connectivity index (χ4v) is 3.21. The summed E-state index contributed by atoms with van der Waals surface area (Å²) in [5, 5.41) is 9.41. The van der Waals surface area contributed by atoms with Gasteiger partial charge >= 0.3 is 0 Å². The summed E-state index contributed by atoms with van der Waals surface area (Å²) >= 11 is 0. The molecule has 5 heteroatoms. The monoisotopic (exact) mass is 322 g/mol. The zero-order valence-corrected chi connectivity index (χ0v) is 14.8. The molecule has 0 aromatic heterocycles. The van der Waals surface area contributed by atoms with Crippen molar-refractivity contribution in [3.05, 3.63) is 23.8 Å². The first-order valence-electron chi connectivity index (χ1n) is 8.38. The Morgan fingerprint density at radius 2 is 1.78 bits per heavy atom. The normalized spacial score (nSPS) is 20.0. The lowest BCUT2D eigenvalue weighted by molar-refractivity contribution is 0.0388. The number of methoxy groups -OCH3 is 2. The Morgan fingerprint density at radius 3 is 2.30 bits per heavy atom. The summed E-state index contributed by atoms with van der Waals surface area (Å²) in [6.45, 7) is 8.65. The second-order valence-electron chi connectivity index (χ2n) is 6.45. The van der Waals surface area contributed by atoms with Crippen LogP contribution in [0.5, 0.6) is 11.5 Å². The van der Waals surface area contributed by atoms with Crippen molar-refractivity contribution in [1.82, 2.24) is 9.80 Å². The molecule has 1 N–H and O–H groups in total. The topological polar surface area (TPSA) is 45.2 Å². The van der Waals surface area contributed by atoms with Crippen LogP contribution in [0.4, 0.5) is 0 Å². The average Bonchev–Trinajstić information content (AvgIpc) is 2.56. The van der Waals surface area contributed by atoms with Crippen molar-refractivity contribution in [2.24, 2.45) is 0 Å². The van der Waals surface area contributed by atoms with Gasteiger partial charge in [0, 0.05) is 50.9 Å². The minimum Gasteiger partial charge on any atom is -0.497 e. The molecule has 1 heterocycles. The van der Waals surface area contributed by atoms with Crippen molar-refractivity contribution >= 4 is 0 Å². The van der Waals surface area contributed by atoms with Crippen molar-refractivity contribution in [1.29, 1.82) is 0 Å². The Hall–Kier alpha value is -1.30. The molecule has 1 atom stereocenters. The lowest BCUT2D eigenvalue weighted by Gasteiger charge is -2.43. The lowest BCUT2D eigenvalue weighted by atomic mass is 10.1. The number of aliphatic hydroxyl groups is 1. The van der Waals surface area contributed by atoms with Crippen molar-refractivity contribution in [3.63, 3.8) is 0 Å². The summed E-state index contributed by atoms with van der Waals surface area (Å²) in [7, 11) is 3.35. The summed E-state index contributed by atoms with van der Waals surface area (Å²) < 4.78 is 10.7. The van der Waals surface area contributed by atoms with Gasteiger partial charge in [0.25, 0.3) is 0 Å². The zero-order chi connectivity index (χ0) is 16.8. The van der Waals surface area contributed by atoms with Gasteiger partial charge in [0.2, 0.25) is 0 Å². The molecule has 1 saturated heterocycles. The predicted molar refractivity (Wildman–Crippen MR) is 92.2 cm³/mol. The van der Waals surface area contributed by atoms with Crippen LogP contribution in [0.3, 0.4) is 0 Å². The molecule has 1 fully saturated rings. The van der Waals surface area contributed by atoms with Crippen LogP contribution in [0.15, 0.2) is 18.2 Å². The highest BCUT2D eigenvalue weighted by Gasteiger charge is 2.27. The van der Waals surface area contributed by atoms with Crippen LogP contribution >= 0.6 is 0 Å². The molecular weight excluding hydrogens is 292 g/mol. The molecule has 1 aromatic rings. The van der Waals surface area contributed by atoms with E-state index >= 15 is 0 Å². The molecule has 0 radical (unpaired) electrons. The third kappa shape index (κ3) is 4.83. The van der Waals surface area contributed by atoms with Crippen LogP contribution in [0, 0.1) is 0 Å². The second-order valence-corrected chi connectivity index (χ2v) is 6.45. The molecule has 5 nitrogen and oxygen atoms in total. The summed E-state index contributed by atoms with van der Waals surface area (Å²) in [6.07, 6.45) is 0.810. The number of aliphatic hydroxyl groups excluding tert-OH is 1. The Labute approximate surface area is 139 Å². The first kappa shape index (κ1) is 18.0. The predicted octanol–water partition coefficient (Wildman–Crippen LogP) is 1.98. The Morgan fingerprint density at radius 1 is 1.13 bits per heavy atom. The molecule has 0 spiro atoms. The number of nitrogens with zero attached hydrogens (tertiary/aromatic N) is 2. The summed E-state index contributed by atoms with van der Waals surface area (Å²) in [5.74, 6) is 1.64. The first-order valence-corrected chi connectivity index (χ1v) is 8.38. The number of hydrogen-bond donors (Lipinski definition) is 1. The SMILES string of the molecule is COc1cc(CN2CCN(C(C)C)C[C@H]2CCO)cc(OC)c1. The van der Waals surface area contributed by atoms with E-state index in [1.807, 2.05) is 6.07 Å². The number of ether oxygens (including phenoxy) is 2. The van der Waals surface area contributed by atoms with Gasteiger partial charge in [0.05, 0.1) is 14.2 Å². The highest BCUT2D eigenvalue weighted by Crippen LogP contribution is 2.25. The molecule has 0 aliphatic carbocycles. The molecule has 130 valence electrons. The number of piperazine rings is 1. The van der Waals surface area contributed by atoms with Crippen molar-refractivity contribution < 1.29 is 14.6 Å². The molecule has 2 rings (SSSR count). The molecule has 0 amide bonds. The van der Waals surface area contributed by atoms with Gasteiger partial charge in [-0.05, 0) is 38.0 Å². The Kier molecular flexibility index (Phi) is 6.69. The van der Waals surface area contributed by atoms with Gasteiger partial charge in [-0.15, -0.1) is 0 Å². The molecule has 0 saturated carbocycles. The highest BCUT2D eigenvalue weighted by atomic mass is 16.5. The van der Waals surface area contributed by atoms with E-state index in [1.165, 1.54) is 5.56 Å². The van der Waals surface area contributed by atoms with Crippen molar-refractivity contribution in [2.75, 3.05) is 40.5 Å². The van der Waals surface area contributed by atoms with Crippen LogP contribution in [-0.2, 0) is 6.54 Å². The molecule has 1 aliphatic rings. The van der Waals surface area contributed by atoms with Crippen LogP contribution < -0.4 is 9.47 Å². The lowest BCUT2D eigenvalue weighted by Crippen LogP contribution is -2.54. The Bertz CT molecular complexity index is 471. The maximum Gasteiger partial charge on any atom is 0.122 e. The van der Waals surface area contributed by atoms with Gasteiger partial charge in [0.1, 0.15) is 11.5 Å². The summed E-state index contributed by atoms with van der Waals surface area (Å²) in [4.78, 5) is 4.95. The number of rotatable bonds is 7. The van der Waals surface area contributed by atoms with Crippen LogP contribution in [-0.4, -0.2) is 67.5 Å². The zero-order valence-electron chi connectivity index (χ0n) is 14.8. The minimum absolute atomic E-state index is 0.231. The van der Waals surface area contributed by atoms with E-state index in [9.17, 15) is 5.11 Å².